The number of nitrogens with zero attached hydrogens (tertiary/aromatic N) is 2. The van der Waals surface area contributed by atoms with Gasteiger partial charge in [-0.3, -0.25) is 0 Å². The number of hydrogen-bond acceptors (Lipinski definition) is 5. The maximum atomic E-state index is 13.6. The minimum atomic E-state index is -3.54. The minimum Gasteiger partial charge on any atom is -0.309 e. The predicted octanol–water partition coefficient (Wildman–Crippen LogP) is 6.05. The van der Waals surface area contributed by atoms with Crippen molar-refractivity contribution in [2.75, 3.05) is 11.5 Å². The summed E-state index contributed by atoms with van der Waals surface area (Å²) in [7, 11) is -7.08. The van der Waals surface area contributed by atoms with E-state index in [4.69, 9.17) is 0 Å². The van der Waals surface area contributed by atoms with Crippen molar-refractivity contribution in [1.82, 2.24) is 13.9 Å². The Kier molecular flexibility index (Phi) is 11.6. The average molecular weight is 626 g/mol. The van der Waals surface area contributed by atoms with Crippen LogP contribution >= 0.6 is 0 Å². The fourth-order valence-electron chi connectivity index (χ4n) is 5.20. The number of hydrogen-bond donors (Lipinski definition) is 1. The molecule has 43 heavy (non-hydrogen) atoms. The van der Waals surface area contributed by atoms with E-state index in [1.807, 2.05) is 88.4 Å². The third-order valence-electron chi connectivity index (χ3n) is 7.76. The zero-order valence-electron chi connectivity index (χ0n) is 26.0. The summed E-state index contributed by atoms with van der Waals surface area (Å²) in [6.45, 7) is 10.4. The normalized spacial score (nSPS) is 16.2. The van der Waals surface area contributed by atoms with E-state index in [0.29, 0.717) is 25.9 Å². The standard InChI is InChI=1S/C34H47N3O4S2/c1-27(2)14-16-42(38,39)36-23-31-10-5-8-29(18-31)21-35-22-30-9-6-11-32(19-30)24-37(43(40,41)17-15-28(3)4)26-34-13-7-12-33(20-34)25-36/h5-13,18-20,27-28,35H,14-17,21-26H2,1-4H3. The number of benzene rings is 3. The number of nitrogens with one attached hydrogen (secondary N) is 1. The second-order valence-electron chi connectivity index (χ2n) is 12.6. The molecule has 0 unspecified atom stereocenters. The van der Waals surface area contributed by atoms with Crippen molar-refractivity contribution in [2.45, 2.75) is 79.8 Å². The van der Waals surface area contributed by atoms with Gasteiger partial charge in [0.2, 0.25) is 20.0 Å². The lowest BCUT2D eigenvalue weighted by atomic mass is 10.1. The Balaban J connectivity index is 1.73. The maximum absolute atomic E-state index is 13.6. The van der Waals surface area contributed by atoms with Crippen molar-refractivity contribution < 1.29 is 16.8 Å². The summed E-state index contributed by atoms with van der Waals surface area (Å²) in [5, 5.41) is 3.50. The SMILES string of the molecule is CC(C)CCS(=O)(=O)N1Cc2cccc(c2)CNCc2cccc(c2)CN(S(=O)(=O)CCC(C)C)Cc2cccc(c2)C1. The molecule has 0 amide bonds. The Morgan fingerprint density at radius 3 is 1.19 bits per heavy atom. The molecule has 0 atom stereocenters. The van der Waals surface area contributed by atoms with Crippen molar-refractivity contribution in [1.29, 1.82) is 0 Å². The van der Waals surface area contributed by atoms with E-state index < -0.39 is 20.0 Å². The molecule has 1 heterocycles. The molecule has 0 saturated carbocycles. The smallest absolute Gasteiger partial charge is 0.214 e. The molecule has 9 heteroatoms. The van der Waals surface area contributed by atoms with Crippen molar-refractivity contribution in [3.63, 3.8) is 0 Å². The second kappa shape index (κ2) is 14.9. The lowest BCUT2D eigenvalue weighted by Gasteiger charge is -2.25. The predicted molar refractivity (Wildman–Crippen MR) is 175 cm³/mol. The Bertz CT molecular complexity index is 1460. The lowest BCUT2D eigenvalue weighted by Crippen LogP contribution is -2.33. The molecular formula is C34H47N3O4S2. The van der Waals surface area contributed by atoms with E-state index in [-0.39, 0.29) is 49.5 Å². The summed E-state index contributed by atoms with van der Waals surface area (Å²) in [6.07, 6.45) is 1.18. The summed E-state index contributed by atoms with van der Waals surface area (Å²) in [5.41, 5.74) is 5.72. The molecule has 3 aromatic carbocycles. The van der Waals surface area contributed by atoms with E-state index in [0.717, 1.165) is 33.4 Å². The second-order valence-corrected chi connectivity index (χ2v) is 16.8. The molecule has 1 aliphatic rings. The van der Waals surface area contributed by atoms with Crippen LogP contribution in [-0.4, -0.2) is 37.0 Å². The minimum absolute atomic E-state index is 0.0885. The summed E-state index contributed by atoms with van der Waals surface area (Å²) in [5.74, 6) is 0.725. The van der Waals surface area contributed by atoms with Gasteiger partial charge in [-0.1, -0.05) is 100 Å². The first-order valence-electron chi connectivity index (χ1n) is 15.3. The third kappa shape index (κ3) is 10.3. The fourth-order valence-corrected chi connectivity index (χ4v) is 8.64. The first kappa shape index (κ1) is 33.3. The van der Waals surface area contributed by atoms with Gasteiger partial charge in [0.05, 0.1) is 11.5 Å². The quantitative estimate of drug-likeness (QED) is 0.330. The van der Waals surface area contributed by atoms with Crippen molar-refractivity contribution in [2.24, 2.45) is 11.8 Å². The molecule has 0 aliphatic carbocycles. The number of rotatable bonds is 8. The molecule has 1 N–H and O–H groups in total. The van der Waals surface area contributed by atoms with Gasteiger partial charge in [0.15, 0.2) is 0 Å². The van der Waals surface area contributed by atoms with Gasteiger partial charge in [-0.2, -0.15) is 8.61 Å². The monoisotopic (exact) mass is 625 g/mol. The topological polar surface area (TPSA) is 86.8 Å². The molecule has 1 aliphatic heterocycles. The van der Waals surface area contributed by atoms with Gasteiger partial charge in [0, 0.05) is 39.3 Å². The highest BCUT2D eigenvalue weighted by Gasteiger charge is 2.25. The van der Waals surface area contributed by atoms with E-state index in [1.54, 1.807) is 8.61 Å². The summed E-state index contributed by atoms with van der Waals surface area (Å²) in [6, 6.07) is 23.9. The van der Waals surface area contributed by atoms with E-state index in [2.05, 4.69) is 17.4 Å². The fraction of sp³-hybridized carbons (Fsp3) is 0.471. The summed E-state index contributed by atoms with van der Waals surface area (Å²) < 4.78 is 57.7. The number of sulfonamides is 2. The highest BCUT2D eigenvalue weighted by molar-refractivity contribution is 7.89. The first-order valence-corrected chi connectivity index (χ1v) is 18.5. The lowest BCUT2D eigenvalue weighted by molar-refractivity contribution is 0.393. The molecule has 7 nitrogen and oxygen atoms in total. The largest absolute Gasteiger partial charge is 0.309 e. The Hall–Kier alpha value is -2.56. The van der Waals surface area contributed by atoms with Crippen LogP contribution in [0.5, 0.6) is 0 Å². The van der Waals surface area contributed by atoms with Crippen LogP contribution in [0.3, 0.4) is 0 Å². The van der Waals surface area contributed by atoms with Crippen LogP contribution in [0.1, 0.15) is 73.9 Å². The van der Waals surface area contributed by atoms with Gasteiger partial charge in [0.25, 0.3) is 0 Å². The van der Waals surface area contributed by atoms with Crippen molar-refractivity contribution in [3.05, 3.63) is 106 Å². The van der Waals surface area contributed by atoms with Crippen molar-refractivity contribution in [3.8, 4) is 0 Å². The molecule has 0 fully saturated rings. The van der Waals surface area contributed by atoms with Gasteiger partial charge in [-0.25, -0.2) is 16.8 Å². The van der Waals surface area contributed by atoms with Gasteiger partial charge in [-0.15, -0.1) is 0 Å². The van der Waals surface area contributed by atoms with Crippen LogP contribution in [0.15, 0.2) is 72.8 Å². The van der Waals surface area contributed by atoms with Crippen LogP contribution < -0.4 is 5.32 Å². The van der Waals surface area contributed by atoms with Crippen LogP contribution in [0.4, 0.5) is 0 Å². The molecule has 3 aromatic rings. The van der Waals surface area contributed by atoms with Crippen LogP contribution in [0.25, 0.3) is 0 Å². The third-order valence-corrected chi connectivity index (χ3v) is 11.4. The Morgan fingerprint density at radius 1 is 0.558 bits per heavy atom. The Labute approximate surface area is 259 Å². The van der Waals surface area contributed by atoms with E-state index >= 15 is 0 Å². The molecule has 234 valence electrons. The molecule has 6 bridgehead atoms. The molecule has 0 aromatic heterocycles. The van der Waals surface area contributed by atoms with Crippen LogP contribution in [0, 0.1) is 11.8 Å². The van der Waals surface area contributed by atoms with Crippen LogP contribution in [0.2, 0.25) is 0 Å². The highest BCUT2D eigenvalue weighted by Crippen LogP contribution is 2.22. The van der Waals surface area contributed by atoms with Gasteiger partial charge in [0.1, 0.15) is 0 Å². The Morgan fingerprint density at radius 2 is 0.860 bits per heavy atom. The molecule has 0 radical (unpaired) electrons. The average Bonchev–Trinajstić information content (AvgIpc) is 2.95. The van der Waals surface area contributed by atoms with E-state index in [9.17, 15) is 16.8 Å². The maximum Gasteiger partial charge on any atom is 0.214 e. The van der Waals surface area contributed by atoms with Gasteiger partial charge < -0.3 is 5.32 Å². The molecule has 4 rings (SSSR count). The van der Waals surface area contributed by atoms with Gasteiger partial charge in [-0.05, 0) is 58.1 Å². The van der Waals surface area contributed by atoms with E-state index in [1.165, 1.54) is 0 Å². The summed E-state index contributed by atoms with van der Waals surface area (Å²) >= 11 is 0. The highest BCUT2D eigenvalue weighted by atomic mass is 32.2. The van der Waals surface area contributed by atoms with Crippen molar-refractivity contribution >= 4 is 20.0 Å². The van der Waals surface area contributed by atoms with Crippen LogP contribution in [-0.2, 0) is 59.3 Å². The molecule has 0 saturated heterocycles. The molecule has 0 spiro atoms. The summed E-state index contributed by atoms with van der Waals surface area (Å²) in [4.78, 5) is 0. The van der Waals surface area contributed by atoms with Gasteiger partial charge >= 0.3 is 0 Å². The first-order chi connectivity index (χ1) is 20.4. The zero-order chi connectivity index (χ0) is 31.0. The zero-order valence-corrected chi connectivity index (χ0v) is 27.6. The molecular weight excluding hydrogens is 579 g/mol. The number of fused-ring (bicyclic) bond motifs is 6.